The normalized spacial score (nSPS) is 21.5. The molecule has 0 saturated carbocycles. The molecule has 1 saturated heterocycles. The van der Waals surface area contributed by atoms with Crippen LogP contribution in [0.1, 0.15) is 47.0 Å². The highest BCUT2D eigenvalue weighted by molar-refractivity contribution is 5.80. The van der Waals surface area contributed by atoms with Gasteiger partial charge in [0, 0.05) is 18.6 Å². The van der Waals surface area contributed by atoms with Gasteiger partial charge in [-0.05, 0) is 39.0 Å². The van der Waals surface area contributed by atoms with Crippen molar-refractivity contribution < 1.29 is 4.79 Å². The maximum Gasteiger partial charge on any atom is 0.227 e. The monoisotopic (exact) mass is 226 g/mol. The van der Waals surface area contributed by atoms with Gasteiger partial charge in [-0.1, -0.05) is 13.8 Å². The van der Waals surface area contributed by atoms with E-state index < -0.39 is 0 Å². The maximum absolute atomic E-state index is 12.4. The van der Waals surface area contributed by atoms with Crippen molar-refractivity contribution in [3.05, 3.63) is 0 Å². The van der Waals surface area contributed by atoms with E-state index in [-0.39, 0.29) is 17.4 Å². The zero-order valence-corrected chi connectivity index (χ0v) is 11.1. The molecule has 1 amide bonds. The fourth-order valence-corrected chi connectivity index (χ4v) is 2.60. The Balaban J connectivity index is 2.68. The van der Waals surface area contributed by atoms with E-state index >= 15 is 0 Å². The second-order valence-electron chi connectivity index (χ2n) is 5.97. The van der Waals surface area contributed by atoms with E-state index in [9.17, 15) is 4.79 Å². The average Bonchev–Trinajstić information content (AvgIpc) is 2.53. The van der Waals surface area contributed by atoms with Gasteiger partial charge >= 0.3 is 0 Å². The highest BCUT2D eigenvalue weighted by Gasteiger charge is 2.37. The van der Waals surface area contributed by atoms with Crippen LogP contribution >= 0.6 is 0 Å². The number of nitrogens with zero attached hydrogens (tertiary/aromatic N) is 1. The van der Waals surface area contributed by atoms with Crippen molar-refractivity contribution in [2.24, 2.45) is 17.6 Å². The summed E-state index contributed by atoms with van der Waals surface area (Å²) in [5.74, 6) is 0.805. The van der Waals surface area contributed by atoms with Crippen LogP contribution in [0.4, 0.5) is 0 Å². The summed E-state index contributed by atoms with van der Waals surface area (Å²) in [5.41, 5.74) is 5.76. The van der Waals surface area contributed by atoms with E-state index in [1.54, 1.807) is 0 Å². The molecule has 1 unspecified atom stereocenters. The van der Waals surface area contributed by atoms with Gasteiger partial charge in [0.1, 0.15) is 0 Å². The van der Waals surface area contributed by atoms with Gasteiger partial charge in [0.25, 0.3) is 0 Å². The van der Waals surface area contributed by atoms with Crippen molar-refractivity contribution in [1.82, 2.24) is 4.90 Å². The first-order chi connectivity index (χ1) is 7.38. The zero-order valence-electron chi connectivity index (χ0n) is 11.1. The zero-order chi connectivity index (χ0) is 12.3. The summed E-state index contributed by atoms with van der Waals surface area (Å²) in [6, 6.07) is 0. The van der Waals surface area contributed by atoms with Crippen LogP contribution in [0.15, 0.2) is 0 Å². The van der Waals surface area contributed by atoms with Gasteiger partial charge in [-0.15, -0.1) is 0 Å². The fraction of sp³-hybridized carbons (Fsp3) is 0.923. The number of rotatable bonds is 4. The lowest BCUT2D eigenvalue weighted by Crippen LogP contribution is -2.47. The van der Waals surface area contributed by atoms with Crippen LogP contribution < -0.4 is 5.73 Å². The minimum Gasteiger partial charge on any atom is -0.337 e. The summed E-state index contributed by atoms with van der Waals surface area (Å²) >= 11 is 0. The third-order valence-corrected chi connectivity index (χ3v) is 3.56. The summed E-state index contributed by atoms with van der Waals surface area (Å²) in [6.07, 6.45) is 3.14. The number of hydrogen-bond donors (Lipinski definition) is 1. The lowest BCUT2D eigenvalue weighted by molar-refractivity contribution is -0.139. The van der Waals surface area contributed by atoms with Crippen LogP contribution in [-0.4, -0.2) is 29.4 Å². The van der Waals surface area contributed by atoms with Crippen LogP contribution in [0, 0.1) is 11.8 Å². The molecule has 0 aromatic carbocycles. The molecule has 3 heteroatoms. The summed E-state index contributed by atoms with van der Waals surface area (Å²) < 4.78 is 0. The minimum absolute atomic E-state index is 0.0115. The first-order valence-corrected chi connectivity index (χ1v) is 6.40. The molecule has 0 bridgehead atoms. The SMILES string of the molecule is CC(C)CC(CN)C(=O)N1CCCC1(C)C. The predicted molar refractivity (Wildman–Crippen MR) is 67.0 cm³/mol. The van der Waals surface area contributed by atoms with E-state index in [0.717, 1.165) is 25.8 Å². The van der Waals surface area contributed by atoms with E-state index in [2.05, 4.69) is 27.7 Å². The third kappa shape index (κ3) is 2.97. The first-order valence-electron chi connectivity index (χ1n) is 6.40. The molecule has 2 N–H and O–H groups in total. The Morgan fingerprint density at radius 2 is 2.06 bits per heavy atom. The summed E-state index contributed by atoms with van der Waals surface area (Å²) in [5, 5.41) is 0. The average molecular weight is 226 g/mol. The van der Waals surface area contributed by atoms with Gasteiger partial charge in [-0.3, -0.25) is 4.79 Å². The Morgan fingerprint density at radius 3 is 2.44 bits per heavy atom. The number of nitrogens with two attached hydrogens (primary N) is 1. The molecule has 0 aromatic heterocycles. The van der Waals surface area contributed by atoms with Crippen LogP contribution in [0.2, 0.25) is 0 Å². The molecule has 1 aliphatic heterocycles. The van der Waals surface area contributed by atoms with E-state index in [0.29, 0.717) is 12.5 Å². The standard InChI is InChI=1S/C13H26N2O/c1-10(2)8-11(9-14)12(16)15-7-5-6-13(15,3)4/h10-11H,5-9,14H2,1-4H3. The predicted octanol–water partition coefficient (Wildman–Crippen LogP) is 2.01. The van der Waals surface area contributed by atoms with Crippen molar-refractivity contribution >= 4 is 5.91 Å². The van der Waals surface area contributed by atoms with Gasteiger partial charge in [-0.25, -0.2) is 0 Å². The smallest absolute Gasteiger partial charge is 0.227 e. The quantitative estimate of drug-likeness (QED) is 0.797. The van der Waals surface area contributed by atoms with Crippen molar-refractivity contribution in [1.29, 1.82) is 0 Å². The van der Waals surface area contributed by atoms with Crippen LogP contribution in [0.25, 0.3) is 0 Å². The highest BCUT2D eigenvalue weighted by Crippen LogP contribution is 2.30. The van der Waals surface area contributed by atoms with Crippen molar-refractivity contribution in [3.63, 3.8) is 0 Å². The molecule has 1 heterocycles. The Bertz CT molecular complexity index is 248. The van der Waals surface area contributed by atoms with Gasteiger partial charge in [0.2, 0.25) is 5.91 Å². The van der Waals surface area contributed by atoms with Gasteiger partial charge in [-0.2, -0.15) is 0 Å². The molecule has 0 aliphatic carbocycles. The molecule has 1 atom stereocenters. The lowest BCUT2D eigenvalue weighted by Gasteiger charge is -2.34. The molecule has 0 spiro atoms. The Labute approximate surface area is 99.4 Å². The first kappa shape index (κ1) is 13.5. The number of hydrogen-bond acceptors (Lipinski definition) is 2. The molecule has 1 aliphatic rings. The molecule has 3 nitrogen and oxygen atoms in total. The summed E-state index contributed by atoms with van der Waals surface area (Å²) in [7, 11) is 0. The number of carbonyl (C=O) groups is 1. The molecule has 0 aromatic rings. The van der Waals surface area contributed by atoms with E-state index in [1.165, 1.54) is 0 Å². The van der Waals surface area contributed by atoms with Crippen molar-refractivity contribution in [2.75, 3.05) is 13.1 Å². The molecular weight excluding hydrogens is 200 g/mol. The van der Waals surface area contributed by atoms with Crippen LogP contribution in [0.3, 0.4) is 0 Å². The lowest BCUT2D eigenvalue weighted by atomic mass is 9.94. The number of amides is 1. The second kappa shape index (κ2) is 5.17. The molecular formula is C13H26N2O. The van der Waals surface area contributed by atoms with Crippen LogP contribution in [0.5, 0.6) is 0 Å². The van der Waals surface area contributed by atoms with Gasteiger partial charge in [0.15, 0.2) is 0 Å². The van der Waals surface area contributed by atoms with Gasteiger partial charge < -0.3 is 10.6 Å². The third-order valence-electron chi connectivity index (χ3n) is 3.56. The van der Waals surface area contributed by atoms with Crippen LogP contribution in [-0.2, 0) is 4.79 Å². The van der Waals surface area contributed by atoms with E-state index in [1.807, 2.05) is 4.90 Å². The van der Waals surface area contributed by atoms with Gasteiger partial charge in [0.05, 0.1) is 5.92 Å². The number of carbonyl (C=O) groups excluding carboxylic acids is 1. The Hall–Kier alpha value is -0.570. The molecule has 0 radical (unpaired) electrons. The second-order valence-corrected chi connectivity index (χ2v) is 5.97. The molecule has 1 rings (SSSR count). The highest BCUT2D eigenvalue weighted by atomic mass is 16.2. The largest absolute Gasteiger partial charge is 0.337 e. The Morgan fingerprint density at radius 1 is 1.44 bits per heavy atom. The maximum atomic E-state index is 12.4. The molecule has 1 fully saturated rings. The van der Waals surface area contributed by atoms with E-state index in [4.69, 9.17) is 5.73 Å². The summed E-state index contributed by atoms with van der Waals surface area (Å²) in [4.78, 5) is 14.4. The Kier molecular flexibility index (Phi) is 4.36. The fourth-order valence-electron chi connectivity index (χ4n) is 2.60. The number of likely N-dealkylation sites (tertiary alicyclic amines) is 1. The topological polar surface area (TPSA) is 46.3 Å². The minimum atomic E-state index is 0.0115. The van der Waals surface area contributed by atoms with Crippen molar-refractivity contribution in [2.45, 2.75) is 52.5 Å². The summed E-state index contributed by atoms with van der Waals surface area (Å²) in [6.45, 7) is 9.97. The molecule has 94 valence electrons. The van der Waals surface area contributed by atoms with Crippen molar-refractivity contribution in [3.8, 4) is 0 Å². The molecule has 16 heavy (non-hydrogen) atoms.